The summed E-state index contributed by atoms with van der Waals surface area (Å²) >= 11 is 1.58. The van der Waals surface area contributed by atoms with E-state index in [1.807, 2.05) is 11.5 Å². The van der Waals surface area contributed by atoms with Crippen molar-refractivity contribution in [2.75, 3.05) is 13.7 Å². The summed E-state index contributed by atoms with van der Waals surface area (Å²) in [6.07, 6.45) is 6.45. The quantitative estimate of drug-likeness (QED) is 0.567. The monoisotopic (exact) mass is 475 g/mol. The predicted octanol–water partition coefficient (Wildman–Crippen LogP) is 4.59. The van der Waals surface area contributed by atoms with Gasteiger partial charge in [-0.3, -0.25) is 4.79 Å². The zero-order valence-electron chi connectivity index (χ0n) is 19.3. The molecule has 7 heteroatoms. The van der Waals surface area contributed by atoms with E-state index in [0.29, 0.717) is 18.9 Å². The molecule has 0 saturated carbocycles. The van der Waals surface area contributed by atoms with Gasteiger partial charge in [-0.05, 0) is 53.0 Å². The molecule has 3 aliphatic rings. The molecule has 5 rings (SSSR count). The summed E-state index contributed by atoms with van der Waals surface area (Å²) in [5.74, 6) is 0.475. The zero-order chi connectivity index (χ0) is 23.3. The molecular formula is C27H29N3O3S. The number of hydrogen-bond donors (Lipinski definition) is 1. The van der Waals surface area contributed by atoms with E-state index in [4.69, 9.17) is 9.68 Å². The van der Waals surface area contributed by atoms with Gasteiger partial charge in [0, 0.05) is 25.8 Å². The van der Waals surface area contributed by atoms with Crippen LogP contribution in [0.5, 0.6) is 0 Å². The lowest BCUT2D eigenvalue weighted by atomic mass is 9.79. The molecule has 176 valence electrons. The number of allylic oxidation sites excluding steroid dienone is 1. The van der Waals surface area contributed by atoms with Crippen molar-refractivity contribution < 1.29 is 14.5 Å². The van der Waals surface area contributed by atoms with Crippen LogP contribution in [0.15, 0.2) is 70.3 Å². The van der Waals surface area contributed by atoms with Gasteiger partial charge in [-0.15, -0.1) is 11.8 Å². The summed E-state index contributed by atoms with van der Waals surface area (Å²) in [6, 6.07) is 17.8. The van der Waals surface area contributed by atoms with Crippen LogP contribution in [0.25, 0.3) is 0 Å². The summed E-state index contributed by atoms with van der Waals surface area (Å²) in [7, 11) is 1.64. The number of thioether (sulfide) groups is 1. The minimum Gasteiger partial charge on any atom is -0.391 e. The smallest absolute Gasteiger partial charge is 0.221 e. The number of rotatable bonds is 8. The topological polar surface area (TPSA) is 72.3 Å². The second-order valence-corrected chi connectivity index (χ2v) is 9.97. The molecule has 3 atom stereocenters. The van der Waals surface area contributed by atoms with E-state index in [1.165, 1.54) is 41.5 Å². The third-order valence-electron chi connectivity index (χ3n) is 6.66. The molecule has 6 nitrogen and oxygen atoms in total. The van der Waals surface area contributed by atoms with Gasteiger partial charge < -0.3 is 15.0 Å². The Hall–Kier alpha value is -3.06. The third kappa shape index (κ3) is 5.04. The maximum absolute atomic E-state index is 11.6. The van der Waals surface area contributed by atoms with E-state index in [1.54, 1.807) is 18.8 Å². The highest BCUT2D eigenvalue weighted by Gasteiger charge is 2.29. The lowest BCUT2D eigenvalue weighted by molar-refractivity contribution is -0.120. The van der Waals surface area contributed by atoms with Crippen molar-refractivity contribution in [3.63, 3.8) is 0 Å². The van der Waals surface area contributed by atoms with Crippen LogP contribution in [0.4, 0.5) is 0 Å². The van der Waals surface area contributed by atoms with Crippen LogP contribution in [-0.4, -0.2) is 42.3 Å². The van der Waals surface area contributed by atoms with Gasteiger partial charge in [-0.1, -0.05) is 58.8 Å². The first-order chi connectivity index (χ1) is 16.7. The molecule has 2 aliphatic heterocycles. The first-order valence-electron chi connectivity index (χ1n) is 11.8. The lowest BCUT2D eigenvalue weighted by Crippen LogP contribution is -2.37. The van der Waals surface area contributed by atoms with E-state index >= 15 is 0 Å². The maximum Gasteiger partial charge on any atom is 0.221 e. The number of nitrogens with one attached hydrogen (secondary N) is 1. The van der Waals surface area contributed by atoms with Crippen LogP contribution in [0.3, 0.4) is 0 Å². The molecular weight excluding hydrogens is 446 g/mol. The van der Waals surface area contributed by atoms with Crippen molar-refractivity contribution in [3.05, 3.63) is 82.3 Å². The molecule has 3 unspecified atom stereocenters. The van der Waals surface area contributed by atoms with Crippen molar-refractivity contribution in [1.82, 2.24) is 5.32 Å². The van der Waals surface area contributed by atoms with Gasteiger partial charge >= 0.3 is 0 Å². The molecule has 1 amide bonds. The predicted molar refractivity (Wildman–Crippen MR) is 136 cm³/mol. The SMILES string of the molecule is CNC(=O)CC1SC=CC1=NOCC1ON=C1Cc1ccc(C2CCCc3ccccc32)cc1. The average Bonchev–Trinajstić information content (AvgIpc) is 3.31. The number of aryl methyl sites for hydroxylation is 1. The molecule has 0 radical (unpaired) electrons. The normalized spacial score (nSPS) is 24.1. The van der Waals surface area contributed by atoms with Crippen LogP contribution in [0.2, 0.25) is 0 Å². The van der Waals surface area contributed by atoms with Crippen LogP contribution in [0, 0.1) is 0 Å². The van der Waals surface area contributed by atoms with E-state index < -0.39 is 0 Å². The fourth-order valence-corrected chi connectivity index (χ4v) is 5.64. The minimum atomic E-state index is -0.190. The minimum absolute atomic E-state index is 0.00922. The van der Waals surface area contributed by atoms with Crippen LogP contribution in [-0.2, 0) is 27.3 Å². The maximum atomic E-state index is 11.6. The highest BCUT2D eigenvalue weighted by Crippen LogP contribution is 2.36. The molecule has 2 aromatic rings. The van der Waals surface area contributed by atoms with Gasteiger partial charge in [0.05, 0.1) is 11.0 Å². The van der Waals surface area contributed by atoms with E-state index in [2.05, 4.69) is 64.2 Å². The highest BCUT2D eigenvalue weighted by atomic mass is 32.2. The highest BCUT2D eigenvalue weighted by molar-refractivity contribution is 8.04. The molecule has 0 fully saturated rings. The van der Waals surface area contributed by atoms with E-state index in [0.717, 1.165) is 17.8 Å². The zero-order valence-corrected chi connectivity index (χ0v) is 20.1. The molecule has 0 spiro atoms. The standard InChI is InChI=1S/C27H29N3O3S/c1-28-27(31)16-26-23(13-14-34-26)29-32-17-25-24(30-33-25)15-18-9-11-20(12-10-18)22-8-4-6-19-5-2-3-7-21(19)22/h2-3,5,7,9-14,22,25-26H,4,6,8,15-17H2,1H3,(H,28,31). The van der Waals surface area contributed by atoms with Gasteiger partial charge in [0.25, 0.3) is 0 Å². The summed E-state index contributed by atoms with van der Waals surface area (Å²) in [6.45, 7) is 0.310. The number of fused-ring (bicyclic) bond motifs is 1. The van der Waals surface area contributed by atoms with Gasteiger partial charge in [-0.2, -0.15) is 0 Å². The summed E-state index contributed by atoms with van der Waals surface area (Å²) in [5.41, 5.74) is 7.30. The first-order valence-corrected chi connectivity index (χ1v) is 12.8. The molecule has 0 aromatic heterocycles. The van der Waals surface area contributed by atoms with Crippen LogP contribution in [0.1, 0.15) is 47.4 Å². The van der Waals surface area contributed by atoms with Crippen molar-refractivity contribution in [3.8, 4) is 0 Å². The van der Waals surface area contributed by atoms with Gasteiger partial charge in [-0.25, -0.2) is 0 Å². The Morgan fingerprint density at radius 2 is 2.09 bits per heavy atom. The number of hydrogen-bond acceptors (Lipinski definition) is 6. The Morgan fingerprint density at radius 1 is 1.24 bits per heavy atom. The number of carbonyl (C=O) groups is 1. The van der Waals surface area contributed by atoms with Gasteiger partial charge in [0.15, 0.2) is 6.61 Å². The third-order valence-corrected chi connectivity index (χ3v) is 7.69. The lowest BCUT2D eigenvalue weighted by Gasteiger charge is -2.26. The Balaban J connectivity index is 1.14. The Kier molecular flexibility index (Phi) is 7.00. The molecule has 0 bridgehead atoms. The average molecular weight is 476 g/mol. The molecule has 1 aliphatic carbocycles. The fraction of sp³-hybridized carbons (Fsp3) is 0.370. The largest absolute Gasteiger partial charge is 0.391 e. The number of amides is 1. The molecule has 0 saturated heterocycles. The van der Waals surface area contributed by atoms with Crippen LogP contribution < -0.4 is 5.32 Å². The van der Waals surface area contributed by atoms with Crippen molar-refractivity contribution in [2.24, 2.45) is 10.3 Å². The molecule has 2 aromatic carbocycles. The second kappa shape index (κ2) is 10.5. The van der Waals surface area contributed by atoms with E-state index in [-0.39, 0.29) is 17.3 Å². The fourth-order valence-electron chi connectivity index (χ4n) is 4.72. The van der Waals surface area contributed by atoms with Crippen LogP contribution >= 0.6 is 11.8 Å². The van der Waals surface area contributed by atoms with Gasteiger partial charge in [0.1, 0.15) is 5.71 Å². The molecule has 2 heterocycles. The second-order valence-electron chi connectivity index (χ2n) is 8.86. The van der Waals surface area contributed by atoms with E-state index in [9.17, 15) is 4.79 Å². The van der Waals surface area contributed by atoms with Crippen molar-refractivity contribution in [1.29, 1.82) is 0 Å². The molecule has 34 heavy (non-hydrogen) atoms. The van der Waals surface area contributed by atoms with Crippen molar-refractivity contribution >= 4 is 29.1 Å². The number of carbonyl (C=O) groups excluding carboxylic acids is 1. The number of benzene rings is 2. The van der Waals surface area contributed by atoms with Crippen molar-refractivity contribution in [2.45, 2.75) is 49.4 Å². The summed E-state index contributed by atoms with van der Waals surface area (Å²) in [5, 5.41) is 12.9. The molecule has 1 N–H and O–H groups in total. The summed E-state index contributed by atoms with van der Waals surface area (Å²) in [4.78, 5) is 22.6. The Morgan fingerprint density at radius 3 is 2.88 bits per heavy atom. The summed E-state index contributed by atoms with van der Waals surface area (Å²) < 4.78 is 0. The first kappa shape index (κ1) is 22.7. The Bertz CT molecular complexity index is 1130. The van der Waals surface area contributed by atoms with Gasteiger partial charge in [0.2, 0.25) is 12.0 Å². The number of oxime groups is 2. The Labute approximate surface area is 204 Å². The number of nitrogens with zero attached hydrogens (tertiary/aromatic N) is 2.